The molecule has 30 heavy (non-hydrogen) atoms. The molecular weight excluding hydrogens is 370 g/mol. The van der Waals surface area contributed by atoms with Crippen LogP contribution >= 0.6 is 0 Å². The summed E-state index contributed by atoms with van der Waals surface area (Å²) >= 11 is 0. The maximum Gasteiger partial charge on any atom is 0.153 e. The van der Waals surface area contributed by atoms with Crippen LogP contribution in [0.25, 0.3) is 55.6 Å². The van der Waals surface area contributed by atoms with Crippen LogP contribution in [-0.4, -0.2) is 4.98 Å². The van der Waals surface area contributed by atoms with Crippen molar-refractivity contribution in [1.29, 1.82) is 0 Å². The molecule has 0 radical (unpaired) electrons. The summed E-state index contributed by atoms with van der Waals surface area (Å²) in [5.74, 6) is 0.820. The number of aryl methyl sites for hydroxylation is 2. The van der Waals surface area contributed by atoms with E-state index >= 15 is 0 Å². The van der Waals surface area contributed by atoms with Crippen molar-refractivity contribution in [2.45, 2.75) is 13.8 Å². The van der Waals surface area contributed by atoms with Gasteiger partial charge in [0.15, 0.2) is 5.58 Å². The molecule has 3 heterocycles. The molecule has 0 aliphatic carbocycles. The highest BCUT2D eigenvalue weighted by Gasteiger charge is 2.18. The molecule has 0 saturated heterocycles. The highest BCUT2D eigenvalue weighted by Crippen LogP contribution is 2.39. The van der Waals surface area contributed by atoms with E-state index in [9.17, 15) is 0 Å². The number of rotatable bonds is 2. The van der Waals surface area contributed by atoms with E-state index in [1.54, 1.807) is 0 Å². The van der Waals surface area contributed by atoms with Gasteiger partial charge < -0.3 is 8.83 Å². The highest BCUT2D eigenvalue weighted by atomic mass is 16.3. The zero-order valence-electron chi connectivity index (χ0n) is 16.8. The van der Waals surface area contributed by atoms with Gasteiger partial charge in [0.25, 0.3) is 0 Å². The zero-order chi connectivity index (χ0) is 20.2. The summed E-state index contributed by atoms with van der Waals surface area (Å²) in [4.78, 5) is 4.83. The molecule has 3 nitrogen and oxygen atoms in total. The topological polar surface area (TPSA) is 39.2 Å². The fourth-order valence-electron chi connectivity index (χ4n) is 4.38. The molecule has 3 aromatic carbocycles. The van der Waals surface area contributed by atoms with E-state index in [0.717, 1.165) is 66.7 Å². The van der Waals surface area contributed by atoms with Crippen molar-refractivity contribution in [3.05, 3.63) is 90.0 Å². The predicted octanol–water partition coefficient (Wildman–Crippen LogP) is 7.68. The number of fused-ring (bicyclic) bond motifs is 4. The van der Waals surface area contributed by atoms with E-state index in [1.165, 1.54) is 0 Å². The molecule has 0 N–H and O–H groups in total. The third-order valence-electron chi connectivity index (χ3n) is 5.79. The lowest BCUT2D eigenvalue weighted by molar-refractivity contribution is 0.628. The lowest BCUT2D eigenvalue weighted by Crippen LogP contribution is -1.87. The number of para-hydroxylation sites is 1. The van der Waals surface area contributed by atoms with Gasteiger partial charge in [0.05, 0.1) is 5.69 Å². The van der Waals surface area contributed by atoms with E-state index < -0.39 is 0 Å². The van der Waals surface area contributed by atoms with E-state index in [2.05, 4.69) is 38.1 Å². The van der Waals surface area contributed by atoms with Gasteiger partial charge in [-0.25, -0.2) is 4.98 Å². The molecule has 6 aromatic rings. The van der Waals surface area contributed by atoms with Crippen LogP contribution in [0, 0.1) is 13.8 Å². The standard InChI is InChI=1S/C27H19NO2/c1-16-14-20-19-10-6-7-11-23(19)30-27(20)17(2)26(16)25-15-22-24(29-25)13-12-21(28-22)18-8-4-3-5-9-18/h3-15H,1-2H3. The Bertz CT molecular complexity index is 1550. The quantitative estimate of drug-likeness (QED) is 0.305. The van der Waals surface area contributed by atoms with Gasteiger partial charge in [0.1, 0.15) is 22.4 Å². The maximum absolute atomic E-state index is 6.23. The molecule has 0 aliphatic rings. The summed E-state index contributed by atoms with van der Waals surface area (Å²) in [6.45, 7) is 4.22. The summed E-state index contributed by atoms with van der Waals surface area (Å²) in [6.07, 6.45) is 0. The Labute approximate surface area is 173 Å². The third kappa shape index (κ3) is 2.49. The van der Waals surface area contributed by atoms with Crippen molar-refractivity contribution < 1.29 is 8.83 Å². The van der Waals surface area contributed by atoms with Crippen LogP contribution < -0.4 is 0 Å². The average molecular weight is 389 g/mol. The zero-order valence-corrected chi connectivity index (χ0v) is 16.8. The monoisotopic (exact) mass is 389 g/mol. The van der Waals surface area contributed by atoms with Gasteiger partial charge in [-0.2, -0.15) is 0 Å². The van der Waals surface area contributed by atoms with Crippen molar-refractivity contribution in [2.75, 3.05) is 0 Å². The molecule has 0 saturated carbocycles. The van der Waals surface area contributed by atoms with Gasteiger partial charge in [-0.15, -0.1) is 0 Å². The normalized spacial score (nSPS) is 11.7. The Hall–Kier alpha value is -3.85. The van der Waals surface area contributed by atoms with Gasteiger partial charge >= 0.3 is 0 Å². The number of hydrogen-bond acceptors (Lipinski definition) is 3. The largest absolute Gasteiger partial charge is 0.456 e. The van der Waals surface area contributed by atoms with Gasteiger partial charge in [-0.05, 0) is 43.7 Å². The molecule has 0 fully saturated rings. The number of nitrogens with zero attached hydrogens (tertiary/aromatic N) is 1. The summed E-state index contributed by atoms with van der Waals surface area (Å²) in [5.41, 5.74) is 8.82. The number of benzene rings is 3. The molecule has 0 bridgehead atoms. The Morgan fingerprint density at radius 1 is 0.700 bits per heavy atom. The van der Waals surface area contributed by atoms with Crippen LogP contribution in [-0.2, 0) is 0 Å². The van der Waals surface area contributed by atoms with Crippen LogP contribution in [0.1, 0.15) is 11.1 Å². The second-order valence-electron chi connectivity index (χ2n) is 7.72. The predicted molar refractivity (Wildman–Crippen MR) is 122 cm³/mol. The lowest BCUT2D eigenvalue weighted by atomic mass is 9.97. The molecular formula is C27H19NO2. The SMILES string of the molecule is Cc1cc2c(oc3ccccc32)c(C)c1-c1cc2nc(-c3ccccc3)ccc2o1. The number of pyridine rings is 1. The number of hydrogen-bond donors (Lipinski definition) is 0. The van der Waals surface area contributed by atoms with Crippen molar-refractivity contribution in [2.24, 2.45) is 0 Å². The second kappa shape index (κ2) is 6.33. The van der Waals surface area contributed by atoms with Crippen molar-refractivity contribution in [3.8, 4) is 22.6 Å². The third-order valence-corrected chi connectivity index (χ3v) is 5.79. The molecule has 0 amide bonds. The van der Waals surface area contributed by atoms with Gasteiger partial charge in [-0.3, -0.25) is 0 Å². The van der Waals surface area contributed by atoms with Crippen LogP contribution in [0.2, 0.25) is 0 Å². The summed E-state index contributed by atoms with van der Waals surface area (Å²) in [7, 11) is 0. The number of aromatic nitrogens is 1. The Kier molecular flexibility index (Phi) is 3.59. The van der Waals surface area contributed by atoms with Gasteiger partial charge in [-0.1, -0.05) is 48.5 Å². The summed E-state index contributed by atoms with van der Waals surface area (Å²) < 4.78 is 12.4. The first kappa shape index (κ1) is 17.0. The summed E-state index contributed by atoms with van der Waals surface area (Å²) in [5, 5.41) is 2.29. The van der Waals surface area contributed by atoms with Gasteiger partial charge in [0.2, 0.25) is 0 Å². The van der Waals surface area contributed by atoms with Crippen LogP contribution in [0.15, 0.2) is 87.7 Å². The van der Waals surface area contributed by atoms with Crippen LogP contribution in [0.3, 0.4) is 0 Å². The lowest BCUT2D eigenvalue weighted by Gasteiger charge is -2.07. The minimum absolute atomic E-state index is 0.785. The van der Waals surface area contributed by atoms with Gasteiger partial charge in [0, 0.05) is 33.5 Å². The molecule has 6 rings (SSSR count). The molecule has 3 heteroatoms. The molecule has 0 unspecified atom stereocenters. The molecule has 0 spiro atoms. The molecule has 0 aliphatic heterocycles. The van der Waals surface area contributed by atoms with Crippen molar-refractivity contribution >= 4 is 33.0 Å². The molecule has 3 aromatic heterocycles. The highest BCUT2D eigenvalue weighted by molar-refractivity contribution is 6.08. The smallest absolute Gasteiger partial charge is 0.153 e. The Morgan fingerprint density at radius 2 is 1.50 bits per heavy atom. The van der Waals surface area contributed by atoms with E-state index in [0.29, 0.717) is 0 Å². The summed E-state index contributed by atoms with van der Waals surface area (Å²) in [6, 6.07) is 26.6. The van der Waals surface area contributed by atoms with Crippen molar-refractivity contribution in [1.82, 2.24) is 4.98 Å². The van der Waals surface area contributed by atoms with E-state index in [-0.39, 0.29) is 0 Å². The fraction of sp³-hybridized carbons (Fsp3) is 0.0741. The first-order valence-corrected chi connectivity index (χ1v) is 10.1. The molecule has 0 atom stereocenters. The van der Waals surface area contributed by atoms with Crippen LogP contribution in [0.4, 0.5) is 0 Å². The van der Waals surface area contributed by atoms with E-state index in [4.69, 9.17) is 13.8 Å². The maximum atomic E-state index is 6.23. The second-order valence-corrected chi connectivity index (χ2v) is 7.72. The van der Waals surface area contributed by atoms with Crippen LogP contribution in [0.5, 0.6) is 0 Å². The first-order valence-electron chi connectivity index (χ1n) is 10.1. The minimum atomic E-state index is 0.785. The average Bonchev–Trinajstić information content (AvgIpc) is 3.35. The first-order chi connectivity index (χ1) is 14.7. The van der Waals surface area contributed by atoms with Crippen molar-refractivity contribution in [3.63, 3.8) is 0 Å². The Balaban J connectivity index is 1.55. The van der Waals surface area contributed by atoms with E-state index in [1.807, 2.05) is 54.6 Å². The Morgan fingerprint density at radius 3 is 2.37 bits per heavy atom. The minimum Gasteiger partial charge on any atom is -0.456 e. The molecule has 144 valence electrons. The number of furan rings is 2. The fourth-order valence-corrected chi connectivity index (χ4v) is 4.38.